The van der Waals surface area contributed by atoms with Crippen molar-refractivity contribution in [1.82, 2.24) is 0 Å². The minimum Gasteiger partial charge on any atom is -0.372 e. The van der Waals surface area contributed by atoms with E-state index in [-0.39, 0.29) is 12.2 Å². The number of aldehydes is 1. The predicted molar refractivity (Wildman–Crippen MR) is 59.4 cm³/mol. The minimum atomic E-state index is -0.671. The lowest BCUT2D eigenvalue weighted by molar-refractivity contribution is -0.215. The zero-order chi connectivity index (χ0) is 12.5. The monoisotopic (exact) mass is 244 g/mol. The van der Waals surface area contributed by atoms with Crippen LogP contribution in [0, 0.1) is 0 Å². The predicted octanol–water partition coefficient (Wildman–Crippen LogP) is 1.25. The van der Waals surface area contributed by atoms with E-state index < -0.39 is 18.2 Å². The summed E-state index contributed by atoms with van der Waals surface area (Å²) in [6, 6.07) is 0. The van der Waals surface area contributed by atoms with E-state index in [9.17, 15) is 4.79 Å². The number of hydrogen-bond acceptors (Lipinski definition) is 5. The lowest BCUT2D eigenvalue weighted by Crippen LogP contribution is -2.37. The van der Waals surface area contributed by atoms with Crippen LogP contribution in [-0.4, -0.2) is 43.3 Å². The number of fused-ring (bicyclic) bond motifs is 1. The van der Waals surface area contributed by atoms with E-state index in [1.807, 2.05) is 13.8 Å². The standard InChI is InChI=1S/C12H20O5/c1-4-5-6-14-9-8(7-13)15-11-10(9)16-12(2,3)17-11/h7-11H,4-6H2,1-3H3. The molecule has 98 valence electrons. The van der Waals surface area contributed by atoms with Gasteiger partial charge in [0.15, 0.2) is 18.4 Å². The van der Waals surface area contributed by atoms with Crippen LogP contribution in [0.25, 0.3) is 0 Å². The first-order chi connectivity index (χ1) is 8.07. The van der Waals surface area contributed by atoms with Gasteiger partial charge in [0, 0.05) is 6.61 Å². The van der Waals surface area contributed by atoms with Crippen molar-refractivity contribution in [2.75, 3.05) is 6.61 Å². The van der Waals surface area contributed by atoms with Crippen molar-refractivity contribution >= 4 is 6.29 Å². The molecule has 0 aromatic heterocycles. The molecule has 0 bridgehead atoms. The number of unbranched alkanes of at least 4 members (excludes halogenated alkanes) is 1. The summed E-state index contributed by atoms with van der Waals surface area (Å²) in [4.78, 5) is 10.9. The summed E-state index contributed by atoms with van der Waals surface area (Å²) in [5, 5.41) is 0. The lowest BCUT2D eigenvalue weighted by Gasteiger charge is -2.23. The highest BCUT2D eigenvalue weighted by Crippen LogP contribution is 2.38. The molecule has 4 atom stereocenters. The smallest absolute Gasteiger partial charge is 0.190 e. The Hall–Kier alpha value is -0.490. The van der Waals surface area contributed by atoms with Gasteiger partial charge < -0.3 is 23.7 Å². The molecule has 5 heteroatoms. The zero-order valence-electron chi connectivity index (χ0n) is 10.5. The second-order valence-corrected chi connectivity index (χ2v) is 4.89. The Morgan fingerprint density at radius 1 is 1.35 bits per heavy atom. The maximum Gasteiger partial charge on any atom is 0.190 e. The number of carbonyl (C=O) groups excluding carboxylic acids is 1. The van der Waals surface area contributed by atoms with E-state index in [1.165, 1.54) is 0 Å². The Kier molecular flexibility index (Phi) is 3.82. The summed E-state index contributed by atoms with van der Waals surface area (Å²) in [5.74, 6) is -0.671. The molecule has 2 aliphatic heterocycles. The third-order valence-electron chi connectivity index (χ3n) is 2.97. The lowest BCUT2D eigenvalue weighted by atomic mass is 10.1. The first-order valence-corrected chi connectivity index (χ1v) is 6.15. The van der Waals surface area contributed by atoms with E-state index in [4.69, 9.17) is 18.9 Å². The normalized spacial score (nSPS) is 39.2. The molecule has 0 radical (unpaired) electrons. The van der Waals surface area contributed by atoms with Crippen molar-refractivity contribution in [3.8, 4) is 0 Å². The van der Waals surface area contributed by atoms with Crippen LogP contribution in [0.4, 0.5) is 0 Å². The molecule has 0 aromatic carbocycles. The molecule has 2 saturated heterocycles. The van der Waals surface area contributed by atoms with Crippen molar-refractivity contribution < 1.29 is 23.7 Å². The van der Waals surface area contributed by atoms with Gasteiger partial charge >= 0.3 is 0 Å². The summed E-state index contributed by atoms with van der Waals surface area (Å²) in [6.45, 7) is 6.36. The van der Waals surface area contributed by atoms with Gasteiger partial charge in [-0.1, -0.05) is 13.3 Å². The molecule has 2 fully saturated rings. The van der Waals surface area contributed by atoms with Crippen LogP contribution in [-0.2, 0) is 23.7 Å². The van der Waals surface area contributed by atoms with Crippen LogP contribution in [0.15, 0.2) is 0 Å². The highest BCUT2D eigenvalue weighted by Gasteiger charge is 2.55. The van der Waals surface area contributed by atoms with Crippen LogP contribution in [0.2, 0.25) is 0 Å². The Morgan fingerprint density at radius 2 is 2.12 bits per heavy atom. The second kappa shape index (κ2) is 5.02. The number of rotatable bonds is 5. The molecule has 2 rings (SSSR count). The fourth-order valence-electron chi connectivity index (χ4n) is 2.17. The van der Waals surface area contributed by atoms with Crippen LogP contribution in [0.1, 0.15) is 33.6 Å². The quantitative estimate of drug-likeness (QED) is 0.538. The second-order valence-electron chi connectivity index (χ2n) is 4.89. The van der Waals surface area contributed by atoms with Crippen LogP contribution >= 0.6 is 0 Å². The van der Waals surface area contributed by atoms with Gasteiger partial charge in [-0.3, -0.25) is 0 Å². The van der Waals surface area contributed by atoms with Gasteiger partial charge in [-0.15, -0.1) is 0 Å². The SMILES string of the molecule is CCCCOC1C(C=O)OC2OC(C)(C)OC21. The van der Waals surface area contributed by atoms with Gasteiger partial charge in [-0.2, -0.15) is 0 Å². The zero-order valence-corrected chi connectivity index (χ0v) is 10.5. The molecular formula is C12H20O5. The van der Waals surface area contributed by atoms with Crippen LogP contribution in [0.5, 0.6) is 0 Å². The Balaban J connectivity index is 1.98. The van der Waals surface area contributed by atoms with E-state index in [1.54, 1.807) is 0 Å². The van der Waals surface area contributed by atoms with E-state index in [2.05, 4.69) is 6.92 Å². The van der Waals surface area contributed by atoms with Gasteiger partial charge in [-0.25, -0.2) is 0 Å². The van der Waals surface area contributed by atoms with Crippen LogP contribution in [0.3, 0.4) is 0 Å². The Bertz CT molecular complexity index is 278. The average Bonchev–Trinajstić information content (AvgIpc) is 2.72. The average molecular weight is 244 g/mol. The van der Waals surface area contributed by atoms with Gasteiger partial charge in [0.1, 0.15) is 18.3 Å². The molecule has 2 aliphatic rings. The van der Waals surface area contributed by atoms with Crippen molar-refractivity contribution in [1.29, 1.82) is 0 Å². The molecule has 0 saturated carbocycles. The van der Waals surface area contributed by atoms with E-state index in [0.717, 1.165) is 19.1 Å². The van der Waals surface area contributed by atoms with Crippen molar-refractivity contribution in [3.05, 3.63) is 0 Å². The number of ether oxygens (including phenoxy) is 4. The summed E-state index contributed by atoms with van der Waals surface area (Å²) < 4.78 is 22.4. The van der Waals surface area contributed by atoms with Gasteiger partial charge in [0.2, 0.25) is 0 Å². The van der Waals surface area contributed by atoms with Crippen molar-refractivity contribution in [3.63, 3.8) is 0 Å². The van der Waals surface area contributed by atoms with E-state index in [0.29, 0.717) is 6.61 Å². The fraction of sp³-hybridized carbons (Fsp3) is 0.917. The molecule has 5 nitrogen and oxygen atoms in total. The Morgan fingerprint density at radius 3 is 2.76 bits per heavy atom. The maximum absolute atomic E-state index is 10.9. The summed E-state index contributed by atoms with van der Waals surface area (Å²) >= 11 is 0. The van der Waals surface area contributed by atoms with E-state index >= 15 is 0 Å². The molecule has 17 heavy (non-hydrogen) atoms. The molecule has 0 aromatic rings. The third kappa shape index (κ3) is 2.68. The Labute approximate surface area is 101 Å². The topological polar surface area (TPSA) is 54.0 Å². The summed E-state index contributed by atoms with van der Waals surface area (Å²) in [6.07, 6.45) is 1.03. The summed E-state index contributed by atoms with van der Waals surface area (Å²) in [5.41, 5.74) is 0. The molecule has 0 spiro atoms. The van der Waals surface area contributed by atoms with Gasteiger partial charge in [0.05, 0.1) is 0 Å². The van der Waals surface area contributed by atoms with Gasteiger partial charge in [-0.05, 0) is 20.3 Å². The van der Waals surface area contributed by atoms with Crippen molar-refractivity contribution in [2.24, 2.45) is 0 Å². The molecule has 0 N–H and O–H groups in total. The number of carbonyl (C=O) groups is 1. The maximum atomic E-state index is 10.9. The molecule has 0 amide bonds. The highest BCUT2D eigenvalue weighted by atomic mass is 16.8. The summed E-state index contributed by atoms with van der Waals surface area (Å²) in [7, 11) is 0. The first-order valence-electron chi connectivity index (χ1n) is 6.15. The third-order valence-corrected chi connectivity index (χ3v) is 2.97. The molecule has 2 heterocycles. The van der Waals surface area contributed by atoms with Crippen LogP contribution < -0.4 is 0 Å². The molecule has 4 unspecified atom stereocenters. The minimum absolute atomic E-state index is 0.308. The van der Waals surface area contributed by atoms with Crippen molar-refractivity contribution in [2.45, 2.75) is 64.0 Å². The fourth-order valence-corrected chi connectivity index (χ4v) is 2.17. The van der Waals surface area contributed by atoms with Gasteiger partial charge in [0.25, 0.3) is 0 Å². The number of hydrogen-bond donors (Lipinski definition) is 0. The molecular weight excluding hydrogens is 224 g/mol. The highest BCUT2D eigenvalue weighted by molar-refractivity contribution is 5.58. The first kappa shape index (κ1) is 13.0. The molecule has 0 aliphatic carbocycles. The largest absolute Gasteiger partial charge is 0.372 e.